The summed E-state index contributed by atoms with van der Waals surface area (Å²) in [7, 11) is 0. The van der Waals surface area contributed by atoms with Gasteiger partial charge in [-0.2, -0.15) is 0 Å². The first-order chi connectivity index (χ1) is 15.8. The molecule has 1 saturated heterocycles. The maximum absolute atomic E-state index is 9.33. The normalized spacial score (nSPS) is 15.3. The molecule has 6 nitrogen and oxygen atoms in total. The van der Waals surface area contributed by atoms with Crippen molar-refractivity contribution >= 4 is 22.5 Å². The molecule has 3 aromatic rings. The first kappa shape index (κ1) is 22.2. The highest BCUT2D eigenvalue weighted by atomic mass is 16.3. The highest BCUT2D eigenvalue weighted by molar-refractivity contribution is 5.83. The predicted octanol–water partition coefficient (Wildman–Crippen LogP) is 3.67. The van der Waals surface area contributed by atoms with Gasteiger partial charge in [-0.25, -0.2) is 4.99 Å². The molecule has 0 amide bonds. The van der Waals surface area contributed by atoms with E-state index in [9.17, 15) is 5.11 Å². The Morgan fingerprint density at radius 2 is 1.88 bits per heavy atom. The Labute approximate surface area is 190 Å². The molecule has 32 heavy (non-hydrogen) atoms. The van der Waals surface area contributed by atoms with Crippen molar-refractivity contribution in [3.63, 3.8) is 0 Å². The number of rotatable bonds is 8. The fraction of sp³-hybridized carbons (Fsp3) is 0.423. The van der Waals surface area contributed by atoms with Gasteiger partial charge in [0.1, 0.15) is 0 Å². The second kappa shape index (κ2) is 11.0. The largest absolute Gasteiger partial charge is 0.396 e. The standard InChI is InChI=1S/C26H35N5O/c1-2-27-26(28-14-11-22-18-29-25-6-4-3-5-24(22)25)30-17-20-7-9-23(10-8-20)31-15-12-21(19-32)13-16-31/h3-10,18,21,29,32H,2,11-17,19H2,1H3,(H2,27,28,30). The van der Waals surface area contributed by atoms with Crippen LogP contribution in [0, 0.1) is 5.92 Å². The Morgan fingerprint density at radius 1 is 1.09 bits per heavy atom. The fourth-order valence-electron chi connectivity index (χ4n) is 4.35. The van der Waals surface area contributed by atoms with Crippen LogP contribution in [0.1, 0.15) is 30.9 Å². The van der Waals surface area contributed by atoms with Crippen molar-refractivity contribution in [2.75, 3.05) is 37.7 Å². The Bertz CT molecular complexity index is 1000. The van der Waals surface area contributed by atoms with Crippen molar-refractivity contribution in [3.05, 3.63) is 65.9 Å². The quantitative estimate of drug-likeness (QED) is 0.323. The third kappa shape index (κ3) is 5.62. The number of anilines is 1. The van der Waals surface area contributed by atoms with Crippen LogP contribution in [-0.4, -0.2) is 48.8 Å². The van der Waals surface area contributed by atoms with E-state index in [0.717, 1.165) is 51.4 Å². The molecular weight excluding hydrogens is 398 g/mol. The monoisotopic (exact) mass is 433 g/mol. The van der Waals surface area contributed by atoms with Crippen LogP contribution in [0.4, 0.5) is 5.69 Å². The molecule has 0 bridgehead atoms. The van der Waals surface area contributed by atoms with Crippen LogP contribution in [0.2, 0.25) is 0 Å². The second-order valence-corrected chi connectivity index (χ2v) is 8.51. The Morgan fingerprint density at radius 3 is 2.62 bits per heavy atom. The number of aliphatic hydroxyl groups is 1. The van der Waals surface area contributed by atoms with E-state index < -0.39 is 0 Å². The molecule has 0 spiro atoms. The number of nitrogens with one attached hydrogen (secondary N) is 3. The molecule has 1 aliphatic rings. The molecule has 6 heteroatoms. The number of guanidine groups is 1. The molecule has 4 N–H and O–H groups in total. The Hall–Kier alpha value is -2.99. The molecule has 170 valence electrons. The van der Waals surface area contributed by atoms with Crippen molar-refractivity contribution in [2.24, 2.45) is 10.9 Å². The summed E-state index contributed by atoms with van der Waals surface area (Å²) in [5.74, 6) is 1.32. The molecule has 1 fully saturated rings. The highest BCUT2D eigenvalue weighted by Gasteiger charge is 2.18. The van der Waals surface area contributed by atoms with Gasteiger partial charge in [0.05, 0.1) is 6.54 Å². The average molecular weight is 434 g/mol. The molecule has 0 atom stereocenters. The van der Waals surface area contributed by atoms with E-state index in [0.29, 0.717) is 19.1 Å². The molecule has 0 saturated carbocycles. The van der Waals surface area contributed by atoms with Gasteiger partial charge in [0.15, 0.2) is 5.96 Å². The minimum absolute atomic E-state index is 0.314. The van der Waals surface area contributed by atoms with E-state index in [1.54, 1.807) is 0 Å². The summed E-state index contributed by atoms with van der Waals surface area (Å²) in [4.78, 5) is 10.5. The fourth-order valence-corrected chi connectivity index (χ4v) is 4.35. The van der Waals surface area contributed by atoms with E-state index in [2.05, 4.69) is 82.2 Å². The highest BCUT2D eigenvalue weighted by Crippen LogP contribution is 2.23. The van der Waals surface area contributed by atoms with E-state index in [4.69, 9.17) is 4.99 Å². The summed E-state index contributed by atoms with van der Waals surface area (Å²) in [5, 5.41) is 17.4. The summed E-state index contributed by atoms with van der Waals surface area (Å²) in [6.45, 7) is 6.76. The lowest BCUT2D eigenvalue weighted by molar-refractivity contribution is 0.203. The minimum Gasteiger partial charge on any atom is -0.396 e. The number of H-pyrrole nitrogens is 1. The number of nitrogens with zero attached hydrogens (tertiary/aromatic N) is 2. The average Bonchev–Trinajstić information content (AvgIpc) is 3.26. The first-order valence-corrected chi connectivity index (χ1v) is 11.8. The number of aromatic amines is 1. The number of piperidine rings is 1. The molecule has 2 aromatic carbocycles. The van der Waals surface area contributed by atoms with Crippen molar-refractivity contribution < 1.29 is 5.11 Å². The van der Waals surface area contributed by atoms with Gasteiger partial charge >= 0.3 is 0 Å². The lowest BCUT2D eigenvalue weighted by atomic mass is 9.97. The van der Waals surface area contributed by atoms with Crippen LogP contribution in [0.5, 0.6) is 0 Å². The van der Waals surface area contributed by atoms with E-state index >= 15 is 0 Å². The number of benzene rings is 2. The zero-order valence-electron chi connectivity index (χ0n) is 19.0. The van der Waals surface area contributed by atoms with E-state index in [1.165, 1.54) is 27.7 Å². The molecule has 2 heterocycles. The lowest BCUT2D eigenvalue weighted by Crippen LogP contribution is -2.38. The minimum atomic E-state index is 0.314. The third-order valence-electron chi connectivity index (χ3n) is 6.30. The van der Waals surface area contributed by atoms with Gasteiger partial charge in [-0.05, 0) is 61.4 Å². The van der Waals surface area contributed by atoms with Gasteiger partial charge in [0.2, 0.25) is 0 Å². The van der Waals surface area contributed by atoms with Crippen molar-refractivity contribution in [3.8, 4) is 0 Å². The maximum Gasteiger partial charge on any atom is 0.191 e. The van der Waals surface area contributed by atoms with Crippen LogP contribution >= 0.6 is 0 Å². The summed E-state index contributed by atoms with van der Waals surface area (Å²) in [5.41, 5.74) is 4.97. The van der Waals surface area contributed by atoms with Crippen LogP contribution < -0.4 is 15.5 Å². The smallest absolute Gasteiger partial charge is 0.191 e. The second-order valence-electron chi connectivity index (χ2n) is 8.51. The van der Waals surface area contributed by atoms with Crippen molar-refractivity contribution in [1.82, 2.24) is 15.6 Å². The van der Waals surface area contributed by atoms with Gasteiger partial charge in [0, 0.05) is 55.6 Å². The van der Waals surface area contributed by atoms with Crippen LogP contribution in [-0.2, 0) is 13.0 Å². The lowest BCUT2D eigenvalue weighted by Gasteiger charge is -2.32. The maximum atomic E-state index is 9.33. The van der Waals surface area contributed by atoms with Crippen molar-refractivity contribution in [2.45, 2.75) is 32.7 Å². The zero-order valence-corrected chi connectivity index (χ0v) is 19.0. The molecule has 4 rings (SSSR count). The van der Waals surface area contributed by atoms with Gasteiger partial charge < -0.3 is 25.6 Å². The number of aliphatic hydroxyl groups excluding tert-OH is 1. The van der Waals surface area contributed by atoms with E-state index in [-0.39, 0.29) is 0 Å². The van der Waals surface area contributed by atoms with E-state index in [1.807, 2.05) is 0 Å². The molecule has 0 radical (unpaired) electrons. The number of aliphatic imine (C=N–C) groups is 1. The van der Waals surface area contributed by atoms with Gasteiger partial charge in [-0.1, -0.05) is 30.3 Å². The molecule has 1 aliphatic heterocycles. The number of fused-ring (bicyclic) bond motifs is 1. The van der Waals surface area contributed by atoms with Gasteiger partial charge in [0.25, 0.3) is 0 Å². The SMILES string of the molecule is CCNC(=NCc1ccc(N2CCC(CO)CC2)cc1)NCCc1c[nH]c2ccccc12. The van der Waals surface area contributed by atoms with Gasteiger partial charge in [-0.15, -0.1) is 0 Å². The zero-order chi connectivity index (χ0) is 22.2. The molecule has 0 unspecified atom stereocenters. The van der Waals surface area contributed by atoms with Crippen LogP contribution in [0.25, 0.3) is 10.9 Å². The van der Waals surface area contributed by atoms with Crippen LogP contribution in [0.15, 0.2) is 59.7 Å². The number of para-hydroxylation sites is 1. The van der Waals surface area contributed by atoms with Crippen LogP contribution in [0.3, 0.4) is 0 Å². The number of aromatic nitrogens is 1. The first-order valence-electron chi connectivity index (χ1n) is 11.8. The Balaban J connectivity index is 1.29. The number of hydrogen-bond donors (Lipinski definition) is 4. The van der Waals surface area contributed by atoms with Gasteiger partial charge in [-0.3, -0.25) is 0 Å². The third-order valence-corrected chi connectivity index (χ3v) is 6.30. The summed E-state index contributed by atoms with van der Waals surface area (Å²) >= 11 is 0. The number of hydrogen-bond acceptors (Lipinski definition) is 3. The summed E-state index contributed by atoms with van der Waals surface area (Å²) < 4.78 is 0. The van der Waals surface area contributed by atoms with Crippen molar-refractivity contribution in [1.29, 1.82) is 0 Å². The summed E-state index contributed by atoms with van der Waals surface area (Å²) in [6.07, 6.45) is 5.18. The molecular formula is C26H35N5O. The topological polar surface area (TPSA) is 75.7 Å². The Kier molecular flexibility index (Phi) is 7.67. The predicted molar refractivity (Wildman–Crippen MR) is 133 cm³/mol. The summed E-state index contributed by atoms with van der Waals surface area (Å²) in [6, 6.07) is 17.2. The molecule has 0 aliphatic carbocycles. The molecule has 1 aromatic heterocycles.